The summed E-state index contributed by atoms with van der Waals surface area (Å²) in [5.41, 5.74) is -0.427. The van der Waals surface area contributed by atoms with Crippen LogP contribution >= 0.6 is 0 Å². The minimum absolute atomic E-state index is 0.0875. The molecule has 3 rings (SSSR count). The summed E-state index contributed by atoms with van der Waals surface area (Å²) in [6, 6.07) is 9.38. The van der Waals surface area contributed by atoms with Crippen LogP contribution in [0.15, 0.2) is 30.3 Å². The lowest BCUT2D eigenvalue weighted by atomic mass is 9.85. The molecule has 1 N–H and O–H groups in total. The van der Waals surface area contributed by atoms with Gasteiger partial charge in [0.25, 0.3) is 0 Å². The molecule has 1 aromatic carbocycles. The van der Waals surface area contributed by atoms with Crippen molar-refractivity contribution in [3.63, 3.8) is 0 Å². The molecule has 0 radical (unpaired) electrons. The minimum Gasteiger partial charge on any atom is -0.445 e. The van der Waals surface area contributed by atoms with Crippen molar-refractivity contribution >= 4 is 18.1 Å². The summed E-state index contributed by atoms with van der Waals surface area (Å²) in [6.45, 7) is 6.63. The van der Waals surface area contributed by atoms with Crippen LogP contribution in [-0.4, -0.2) is 65.2 Å². The van der Waals surface area contributed by atoms with E-state index in [0.717, 1.165) is 5.56 Å². The van der Waals surface area contributed by atoms with E-state index in [2.05, 4.69) is 5.32 Å². The van der Waals surface area contributed by atoms with Crippen LogP contribution in [0.2, 0.25) is 0 Å². The lowest BCUT2D eigenvalue weighted by molar-refractivity contribution is -0.129. The predicted octanol–water partition coefficient (Wildman–Crippen LogP) is 2.52. The first-order valence-electron chi connectivity index (χ1n) is 9.91. The van der Waals surface area contributed by atoms with Crippen LogP contribution in [0.3, 0.4) is 0 Å². The van der Waals surface area contributed by atoms with E-state index in [1.165, 1.54) is 4.90 Å². The van der Waals surface area contributed by atoms with Crippen LogP contribution in [0, 0.1) is 0 Å². The minimum atomic E-state index is -0.698. The van der Waals surface area contributed by atoms with E-state index in [9.17, 15) is 14.4 Å². The molecule has 158 valence electrons. The molecule has 0 bridgehead atoms. The number of likely N-dealkylation sites (tertiary alicyclic amines) is 1. The summed E-state index contributed by atoms with van der Waals surface area (Å²) < 4.78 is 11.0. The number of piperazine rings is 1. The maximum Gasteiger partial charge on any atom is 0.411 e. The number of amides is 3. The lowest BCUT2D eigenvalue weighted by Crippen LogP contribution is -2.70. The van der Waals surface area contributed by atoms with Gasteiger partial charge in [-0.05, 0) is 39.2 Å². The Kier molecular flexibility index (Phi) is 6.00. The van der Waals surface area contributed by atoms with E-state index < -0.39 is 23.3 Å². The summed E-state index contributed by atoms with van der Waals surface area (Å²) in [7, 11) is 0. The normalized spacial score (nSPS) is 22.2. The number of benzene rings is 1. The second-order valence-corrected chi connectivity index (χ2v) is 8.63. The third-order valence-corrected chi connectivity index (χ3v) is 5.12. The Hall–Kier alpha value is -2.77. The van der Waals surface area contributed by atoms with Gasteiger partial charge in [-0.25, -0.2) is 9.59 Å². The van der Waals surface area contributed by atoms with Crippen LogP contribution in [0.4, 0.5) is 9.59 Å². The van der Waals surface area contributed by atoms with Gasteiger partial charge in [-0.3, -0.25) is 9.69 Å². The molecule has 1 atom stereocenters. The average molecular weight is 403 g/mol. The number of nitrogens with one attached hydrogen (secondary N) is 1. The van der Waals surface area contributed by atoms with Gasteiger partial charge >= 0.3 is 12.2 Å². The van der Waals surface area contributed by atoms with Gasteiger partial charge in [0.15, 0.2) is 0 Å². The van der Waals surface area contributed by atoms with Crippen LogP contribution < -0.4 is 5.32 Å². The van der Waals surface area contributed by atoms with Gasteiger partial charge in [0.1, 0.15) is 18.8 Å². The summed E-state index contributed by atoms with van der Waals surface area (Å²) in [5, 5.41) is 2.84. The number of ether oxygens (including phenoxy) is 2. The standard InChI is InChI=1S/C21H29N3O5/c1-20(2,3)29-18(26)23-11-7-10-21(15-23)14-22-17(25)12-24(21)19(27)28-13-16-8-5-4-6-9-16/h4-6,8-9H,7,10-15H2,1-3H3,(H,22,25). The monoisotopic (exact) mass is 403 g/mol. The third-order valence-electron chi connectivity index (χ3n) is 5.12. The summed E-state index contributed by atoms with van der Waals surface area (Å²) in [5.74, 6) is -0.235. The Balaban J connectivity index is 1.73. The van der Waals surface area contributed by atoms with Gasteiger partial charge in [-0.2, -0.15) is 0 Å². The lowest BCUT2D eigenvalue weighted by Gasteiger charge is -2.50. The molecule has 2 aliphatic rings. The van der Waals surface area contributed by atoms with E-state index >= 15 is 0 Å². The molecule has 8 heteroatoms. The van der Waals surface area contributed by atoms with E-state index in [1.54, 1.807) is 4.90 Å². The third kappa shape index (κ3) is 5.19. The fraction of sp³-hybridized carbons (Fsp3) is 0.571. The smallest absolute Gasteiger partial charge is 0.411 e. The van der Waals surface area contributed by atoms with Crippen molar-refractivity contribution in [2.24, 2.45) is 0 Å². The van der Waals surface area contributed by atoms with Gasteiger partial charge < -0.3 is 19.7 Å². The summed E-state index contributed by atoms with van der Waals surface area (Å²) >= 11 is 0. The summed E-state index contributed by atoms with van der Waals surface area (Å²) in [6.07, 6.45) is 0.422. The molecule has 8 nitrogen and oxygen atoms in total. The highest BCUT2D eigenvalue weighted by Crippen LogP contribution is 2.31. The highest BCUT2D eigenvalue weighted by molar-refractivity contribution is 5.84. The maximum absolute atomic E-state index is 12.9. The molecule has 2 saturated heterocycles. The van der Waals surface area contributed by atoms with E-state index in [0.29, 0.717) is 25.9 Å². The molecule has 2 heterocycles. The van der Waals surface area contributed by atoms with Crippen molar-refractivity contribution in [1.82, 2.24) is 15.1 Å². The van der Waals surface area contributed by atoms with Crippen molar-refractivity contribution in [3.8, 4) is 0 Å². The van der Waals surface area contributed by atoms with Gasteiger partial charge in [0.2, 0.25) is 5.91 Å². The zero-order chi connectivity index (χ0) is 21.1. The number of nitrogens with zero attached hydrogens (tertiary/aromatic N) is 2. The fourth-order valence-corrected chi connectivity index (χ4v) is 3.74. The molecule has 0 saturated carbocycles. The fourth-order valence-electron chi connectivity index (χ4n) is 3.74. The molecule has 29 heavy (non-hydrogen) atoms. The molecule has 3 amide bonds. The van der Waals surface area contributed by atoms with Gasteiger partial charge in [-0.1, -0.05) is 30.3 Å². The number of carbonyl (C=O) groups is 3. The highest BCUT2D eigenvalue weighted by Gasteiger charge is 2.48. The van der Waals surface area contributed by atoms with Crippen molar-refractivity contribution in [3.05, 3.63) is 35.9 Å². The number of hydrogen-bond acceptors (Lipinski definition) is 5. The van der Waals surface area contributed by atoms with Crippen LogP contribution in [0.25, 0.3) is 0 Å². The Morgan fingerprint density at radius 2 is 1.90 bits per heavy atom. The molecule has 1 aromatic rings. The molecule has 2 fully saturated rings. The second-order valence-electron chi connectivity index (χ2n) is 8.63. The van der Waals surface area contributed by atoms with Gasteiger partial charge in [-0.15, -0.1) is 0 Å². The molecule has 2 aliphatic heterocycles. The van der Waals surface area contributed by atoms with Crippen LogP contribution in [0.5, 0.6) is 0 Å². The number of piperidine rings is 1. The van der Waals surface area contributed by atoms with Crippen molar-refractivity contribution < 1.29 is 23.9 Å². The van der Waals surface area contributed by atoms with Crippen LogP contribution in [0.1, 0.15) is 39.2 Å². The molecule has 0 aliphatic carbocycles. The number of hydrogen-bond donors (Lipinski definition) is 1. The Morgan fingerprint density at radius 1 is 1.17 bits per heavy atom. The second kappa shape index (κ2) is 8.31. The van der Waals surface area contributed by atoms with Gasteiger partial charge in [0, 0.05) is 19.6 Å². The van der Waals surface area contributed by atoms with E-state index in [-0.39, 0.29) is 25.6 Å². The van der Waals surface area contributed by atoms with E-state index in [1.807, 2.05) is 51.1 Å². The maximum atomic E-state index is 12.9. The van der Waals surface area contributed by atoms with Crippen molar-refractivity contribution in [1.29, 1.82) is 0 Å². The first-order valence-corrected chi connectivity index (χ1v) is 9.91. The van der Waals surface area contributed by atoms with Crippen molar-refractivity contribution in [2.45, 2.75) is 51.4 Å². The Morgan fingerprint density at radius 3 is 2.59 bits per heavy atom. The number of carbonyl (C=O) groups excluding carboxylic acids is 3. The topological polar surface area (TPSA) is 88.2 Å². The average Bonchev–Trinajstić information content (AvgIpc) is 2.68. The SMILES string of the molecule is CC(C)(C)OC(=O)N1CCCC2(CNC(=O)CN2C(=O)OCc2ccccc2)C1. The largest absolute Gasteiger partial charge is 0.445 e. The predicted molar refractivity (Wildman–Crippen MR) is 106 cm³/mol. The van der Waals surface area contributed by atoms with Gasteiger partial charge in [0.05, 0.1) is 5.54 Å². The Labute approximate surface area is 171 Å². The molecule has 1 unspecified atom stereocenters. The van der Waals surface area contributed by atoms with Crippen molar-refractivity contribution in [2.75, 3.05) is 26.2 Å². The molecular weight excluding hydrogens is 374 g/mol. The van der Waals surface area contributed by atoms with Crippen LogP contribution in [-0.2, 0) is 20.9 Å². The van der Waals surface area contributed by atoms with E-state index in [4.69, 9.17) is 9.47 Å². The Bertz CT molecular complexity index is 761. The zero-order valence-corrected chi connectivity index (χ0v) is 17.3. The molecule has 1 spiro atoms. The molecular formula is C21H29N3O5. The zero-order valence-electron chi connectivity index (χ0n) is 17.3. The number of rotatable bonds is 2. The summed E-state index contributed by atoms with van der Waals surface area (Å²) in [4.78, 5) is 40.6. The first-order chi connectivity index (χ1) is 13.7. The highest BCUT2D eigenvalue weighted by atomic mass is 16.6. The molecule has 0 aromatic heterocycles. The first kappa shape index (κ1) is 21.0. The quantitative estimate of drug-likeness (QED) is 0.820.